The molecule has 102 valence electrons. The number of methoxy groups -OCH3 is 1. The van der Waals surface area contributed by atoms with Crippen molar-refractivity contribution >= 4 is 15.9 Å². The summed E-state index contributed by atoms with van der Waals surface area (Å²) in [6, 6.07) is 3.42. The van der Waals surface area contributed by atoms with Gasteiger partial charge in [-0.3, -0.25) is 0 Å². The van der Waals surface area contributed by atoms with Crippen molar-refractivity contribution in [3.05, 3.63) is 22.2 Å². The van der Waals surface area contributed by atoms with Crippen molar-refractivity contribution < 1.29 is 18.3 Å². The number of alkyl halides is 2. The summed E-state index contributed by atoms with van der Waals surface area (Å²) in [7, 11) is 1.42. The van der Waals surface area contributed by atoms with E-state index in [-0.39, 0.29) is 11.5 Å². The van der Waals surface area contributed by atoms with Gasteiger partial charge in [0.25, 0.3) is 0 Å². The van der Waals surface area contributed by atoms with Crippen molar-refractivity contribution in [1.29, 1.82) is 0 Å². The largest absolute Gasteiger partial charge is 0.493 e. The van der Waals surface area contributed by atoms with Crippen LogP contribution in [0.3, 0.4) is 0 Å². The van der Waals surface area contributed by atoms with Crippen LogP contribution in [0, 0.1) is 0 Å². The van der Waals surface area contributed by atoms with Crippen molar-refractivity contribution in [2.45, 2.75) is 26.5 Å². The molecule has 0 aliphatic heterocycles. The van der Waals surface area contributed by atoms with Crippen LogP contribution in [-0.2, 0) is 6.54 Å². The molecule has 0 unspecified atom stereocenters. The first-order valence-electron chi connectivity index (χ1n) is 5.60. The van der Waals surface area contributed by atoms with E-state index in [1.807, 2.05) is 0 Å². The molecule has 0 radical (unpaired) electrons. The minimum Gasteiger partial charge on any atom is -0.493 e. The molecule has 0 aliphatic rings. The number of halogens is 3. The quantitative estimate of drug-likeness (QED) is 0.778. The summed E-state index contributed by atoms with van der Waals surface area (Å²) in [6.45, 7) is 0.745. The van der Waals surface area contributed by atoms with Gasteiger partial charge in [-0.15, -0.1) is 0 Å². The third-order valence-corrected chi connectivity index (χ3v) is 2.84. The highest BCUT2D eigenvalue weighted by Crippen LogP contribution is 2.37. The van der Waals surface area contributed by atoms with Crippen molar-refractivity contribution in [1.82, 2.24) is 5.32 Å². The number of hydrogen-bond donors (Lipinski definition) is 1. The molecule has 1 N–H and O–H groups in total. The van der Waals surface area contributed by atoms with Gasteiger partial charge in [-0.25, -0.2) is 0 Å². The molecular formula is C12H16BrF2NO2. The van der Waals surface area contributed by atoms with E-state index >= 15 is 0 Å². The Bertz CT molecular complexity index is 389. The van der Waals surface area contributed by atoms with Gasteiger partial charge in [-0.2, -0.15) is 8.78 Å². The van der Waals surface area contributed by atoms with Gasteiger partial charge in [0.1, 0.15) is 0 Å². The standard InChI is InChI=1S/C12H16BrF2NO2/c1-3-4-16-7-8-5-9(13)11(18-12(14)15)10(6-8)17-2/h5-6,12,16H,3-4,7H2,1-2H3. The lowest BCUT2D eigenvalue weighted by atomic mass is 10.2. The number of ether oxygens (including phenoxy) is 2. The lowest BCUT2D eigenvalue weighted by molar-refractivity contribution is -0.0517. The normalized spacial score (nSPS) is 10.8. The number of nitrogens with one attached hydrogen (secondary N) is 1. The molecule has 3 nitrogen and oxygen atoms in total. The highest BCUT2D eigenvalue weighted by atomic mass is 79.9. The van der Waals surface area contributed by atoms with Crippen LogP contribution in [0.2, 0.25) is 0 Å². The van der Waals surface area contributed by atoms with Gasteiger partial charge in [0, 0.05) is 6.54 Å². The molecule has 1 aromatic carbocycles. The smallest absolute Gasteiger partial charge is 0.387 e. The zero-order valence-electron chi connectivity index (χ0n) is 10.3. The second-order valence-corrected chi connectivity index (χ2v) is 4.52. The Morgan fingerprint density at radius 3 is 2.67 bits per heavy atom. The molecule has 0 aliphatic carbocycles. The van der Waals surface area contributed by atoms with Gasteiger partial charge < -0.3 is 14.8 Å². The van der Waals surface area contributed by atoms with Crippen molar-refractivity contribution in [2.75, 3.05) is 13.7 Å². The highest BCUT2D eigenvalue weighted by Gasteiger charge is 2.15. The molecule has 0 atom stereocenters. The van der Waals surface area contributed by atoms with Gasteiger partial charge in [-0.1, -0.05) is 6.92 Å². The molecule has 0 spiro atoms. The Morgan fingerprint density at radius 1 is 1.39 bits per heavy atom. The minimum absolute atomic E-state index is 0.0201. The molecule has 0 fully saturated rings. The fourth-order valence-corrected chi connectivity index (χ4v) is 2.07. The van der Waals surface area contributed by atoms with Gasteiger partial charge >= 0.3 is 6.61 Å². The van der Waals surface area contributed by atoms with Gasteiger partial charge in [0.05, 0.1) is 11.6 Å². The summed E-state index contributed by atoms with van der Waals surface area (Å²) in [5.74, 6) is 0.310. The molecule has 0 saturated carbocycles. The average molecular weight is 324 g/mol. The minimum atomic E-state index is -2.88. The van der Waals surface area contributed by atoms with Crippen LogP contribution in [0.5, 0.6) is 11.5 Å². The maximum absolute atomic E-state index is 12.3. The number of benzene rings is 1. The Labute approximate surface area is 114 Å². The molecular weight excluding hydrogens is 308 g/mol. The number of hydrogen-bond acceptors (Lipinski definition) is 3. The third kappa shape index (κ3) is 4.42. The zero-order valence-corrected chi connectivity index (χ0v) is 11.9. The summed E-state index contributed by atoms with van der Waals surface area (Å²) in [5, 5.41) is 3.22. The third-order valence-electron chi connectivity index (χ3n) is 2.25. The molecule has 1 aromatic rings. The van der Waals surface area contributed by atoms with E-state index in [1.54, 1.807) is 12.1 Å². The van der Waals surface area contributed by atoms with E-state index in [9.17, 15) is 8.78 Å². The zero-order chi connectivity index (χ0) is 13.5. The SMILES string of the molecule is CCCNCc1cc(Br)c(OC(F)F)c(OC)c1. The molecule has 0 saturated heterocycles. The summed E-state index contributed by atoms with van der Waals surface area (Å²) in [6.07, 6.45) is 1.03. The lowest BCUT2D eigenvalue weighted by Crippen LogP contribution is -2.14. The van der Waals surface area contributed by atoms with Gasteiger partial charge in [0.2, 0.25) is 0 Å². The fourth-order valence-electron chi connectivity index (χ4n) is 1.49. The molecule has 0 aromatic heterocycles. The predicted molar refractivity (Wildman–Crippen MR) is 69.3 cm³/mol. The number of rotatable bonds is 7. The van der Waals surface area contributed by atoms with Crippen molar-refractivity contribution in [3.63, 3.8) is 0 Å². The summed E-state index contributed by atoms with van der Waals surface area (Å²) in [4.78, 5) is 0. The maximum Gasteiger partial charge on any atom is 0.387 e. The predicted octanol–water partition coefficient (Wildman–Crippen LogP) is 3.56. The first-order valence-corrected chi connectivity index (χ1v) is 6.39. The molecule has 6 heteroatoms. The summed E-state index contributed by atoms with van der Waals surface area (Å²) < 4.78 is 34.4. The second-order valence-electron chi connectivity index (χ2n) is 3.66. The van der Waals surface area contributed by atoms with Gasteiger partial charge in [0.15, 0.2) is 11.5 Å². The van der Waals surface area contributed by atoms with Crippen LogP contribution < -0.4 is 14.8 Å². The van der Waals surface area contributed by atoms with Gasteiger partial charge in [-0.05, 0) is 46.6 Å². The fraction of sp³-hybridized carbons (Fsp3) is 0.500. The van der Waals surface area contributed by atoms with Crippen molar-refractivity contribution in [2.24, 2.45) is 0 Å². The Morgan fingerprint density at radius 2 is 2.11 bits per heavy atom. The van der Waals surface area contributed by atoms with Crippen LogP contribution in [0.25, 0.3) is 0 Å². The molecule has 1 rings (SSSR count). The Kier molecular flexibility index (Phi) is 6.35. The molecule has 18 heavy (non-hydrogen) atoms. The maximum atomic E-state index is 12.3. The van der Waals surface area contributed by atoms with E-state index < -0.39 is 6.61 Å². The Balaban J connectivity index is 2.88. The highest BCUT2D eigenvalue weighted by molar-refractivity contribution is 9.10. The van der Waals surface area contributed by atoms with E-state index in [0.717, 1.165) is 18.5 Å². The van der Waals surface area contributed by atoms with E-state index in [2.05, 4.69) is 32.9 Å². The Hall–Kier alpha value is -0.880. The monoisotopic (exact) mass is 323 g/mol. The topological polar surface area (TPSA) is 30.5 Å². The van der Waals surface area contributed by atoms with Crippen LogP contribution >= 0.6 is 15.9 Å². The summed E-state index contributed by atoms with van der Waals surface area (Å²) >= 11 is 3.21. The van der Waals surface area contributed by atoms with Crippen LogP contribution in [-0.4, -0.2) is 20.3 Å². The summed E-state index contributed by atoms with van der Waals surface area (Å²) in [5.41, 5.74) is 0.939. The van der Waals surface area contributed by atoms with Crippen LogP contribution in [0.15, 0.2) is 16.6 Å². The van der Waals surface area contributed by atoms with Crippen LogP contribution in [0.1, 0.15) is 18.9 Å². The molecule has 0 amide bonds. The molecule has 0 bridgehead atoms. The molecule has 0 heterocycles. The first kappa shape index (κ1) is 15.2. The first-order chi connectivity index (χ1) is 8.58. The lowest BCUT2D eigenvalue weighted by Gasteiger charge is -2.14. The van der Waals surface area contributed by atoms with Crippen LogP contribution in [0.4, 0.5) is 8.78 Å². The average Bonchev–Trinajstić information content (AvgIpc) is 2.32. The van der Waals surface area contributed by atoms with E-state index in [4.69, 9.17) is 4.74 Å². The van der Waals surface area contributed by atoms with E-state index in [0.29, 0.717) is 11.0 Å². The second kappa shape index (κ2) is 7.53. The van der Waals surface area contributed by atoms with Crippen molar-refractivity contribution in [3.8, 4) is 11.5 Å². The van der Waals surface area contributed by atoms with E-state index in [1.165, 1.54) is 7.11 Å².